The summed E-state index contributed by atoms with van der Waals surface area (Å²) in [7, 11) is 0. The zero-order chi connectivity index (χ0) is 12.6. The third-order valence-electron chi connectivity index (χ3n) is 4.19. The second kappa shape index (κ2) is 7.96. The lowest BCUT2D eigenvalue weighted by Gasteiger charge is -2.24. The van der Waals surface area contributed by atoms with E-state index in [9.17, 15) is 0 Å². The summed E-state index contributed by atoms with van der Waals surface area (Å²) in [5.74, 6) is 0.957. The van der Waals surface area contributed by atoms with Crippen LogP contribution in [0.15, 0.2) is 16.8 Å². The van der Waals surface area contributed by atoms with Gasteiger partial charge in [-0.2, -0.15) is 11.3 Å². The number of aryl methyl sites for hydroxylation is 1. The van der Waals surface area contributed by atoms with E-state index in [-0.39, 0.29) is 0 Å². The Labute approximate surface area is 116 Å². The van der Waals surface area contributed by atoms with E-state index < -0.39 is 0 Å². The minimum absolute atomic E-state index is 0.783. The second-order valence-corrected chi connectivity index (χ2v) is 6.41. The summed E-state index contributed by atoms with van der Waals surface area (Å²) < 4.78 is 0. The van der Waals surface area contributed by atoms with Gasteiger partial charge in [0.25, 0.3) is 0 Å². The van der Waals surface area contributed by atoms with Gasteiger partial charge in [-0.1, -0.05) is 19.8 Å². The summed E-state index contributed by atoms with van der Waals surface area (Å²) >= 11 is 1.82. The third-order valence-corrected chi connectivity index (χ3v) is 4.92. The summed E-state index contributed by atoms with van der Waals surface area (Å²) in [5, 5.41) is 8.28. The molecule has 0 radical (unpaired) electrons. The summed E-state index contributed by atoms with van der Waals surface area (Å²) in [6.07, 6.45) is 11.1. The molecule has 0 aromatic carbocycles. The molecule has 0 spiro atoms. The highest BCUT2D eigenvalue weighted by Gasteiger charge is 2.23. The predicted octanol–water partition coefficient (Wildman–Crippen LogP) is 4.63. The normalized spacial score (nSPS) is 18.3. The smallest absolute Gasteiger partial charge is 0.00954 e. The van der Waals surface area contributed by atoms with Crippen LogP contribution in [0.5, 0.6) is 0 Å². The fraction of sp³-hybridized carbons (Fsp3) is 0.750. The molecule has 1 heterocycles. The fourth-order valence-corrected chi connectivity index (χ4v) is 3.86. The lowest BCUT2D eigenvalue weighted by atomic mass is 9.93. The minimum atomic E-state index is 0.783. The van der Waals surface area contributed by atoms with Crippen molar-refractivity contribution in [3.8, 4) is 0 Å². The third kappa shape index (κ3) is 4.40. The van der Waals surface area contributed by atoms with E-state index in [4.69, 9.17) is 0 Å². The zero-order valence-corrected chi connectivity index (χ0v) is 12.5. The number of nitrogens with one attached hydrogen (secondary N) is 1. The number of hydrogen-bond donors (Lipinski definition) is 1. The first-order valence-electron chi connectivity index (χ1n) is 7.64. The van der Waals surface area contributed by atoms with Crippen molar-refractivity contribution >= 4 is 11.3 Å². The molecule has 102 valence electrons. The maximum absolute atomic E-state index is 3.79. The van der Waals surface area contributed by atoms with Gasteiger partial charge in [-0.05, 0) is 73.4 Å². The summed E-state index contributed by atoms with van der Waals surface area (Å²) in [6, 6.07) is 3.06. The second-order valence-electron chi connectivity index (χ2n) is 5.63. The van der Waals surface area contributed by atoms with Crippen molar-refractivity contribution < 1.29 is 0 Å². The average Bonchev–Trinajstić information content (AvgIpc) is 3.05. The number of rotatable bonds is 8. The Kier molecular flexibility index (Phi) is 6.22. The standard InChI is InChI=1S/C16H27NS/c1-2-11-17-16(15-7-3-4-8-15)9-5-6-14-10-12-18-13-14/h10,12-13,15-17H,2-9,11H2,1H3. The maximum atomic E-state index is 3.79. The van der Waals surface area contributed by atoms with Crippen molar-refractivity contribution in [1.82, 2.24) is 5.32 Å². The molecule has 0 bridgehead atoms. The van der Waals surface area contributed by atoms with Crippen molar-refractivity contribution in [2.24, 2.45) is 5.92 Å². The van der Waals surface area contributed by atoms with Gasteiger partial charge in [-0.15, -0.1) is 0 Å². The Morgan fingerprint density at radius 2 is 2.22 bits per heavy atom. The van der Waals surface area contributed by atoms with Crippen LogP contribution >= 0.6 is 11.3 Å². The van der Waals surface area contributed by atoms with Crippen LogP contribution in [0.4, 0.5) is 0 Å². The van der Waals surface area contributed by atoms with Crippen molar-refractivity contribution in [2.75, 3.05) is 6.54 Å². The summed E-state index contributed by atoms with van der Waals surface area (Å²) in [6.45, 7) is 3.46. The quantitative estimate of drug-likeness (QED) is 0.722. The van der Waals surface area contributed by atoms with E-state index in [2.05, 4.69) is 29.1 Å². The highest BCUT2D eigenvalue weighted by atomic mass is 32.1. The molecule has 1 atom stereocenters. The zero-order valence-electron chi connectivity index (χ0n) is 11.7. The summed E-state index contributed by atoms with van der Waals surface area (Å²) in [4.78, 5) is 0. The lowest BCUT2D eigenvalue weighted by Crippen LogP contribution is -2.35. The molecule has 2 rings (SSSR count). The minimum Gasteiger partial charge on any atom is -0.314 e. The monoisotopic (exact) mass is 265 g/mol. The van der Waals surface area contributed by atoms with E-state index >= 15 is 0 Å². The van der Waals surface area contributed by atoms with Gasteiger partial charge in [0.05, 0.1) is 0 Å². The van der Waals surface area contributed by atoms with Gasteiger partial charge < -0.3 is 5.32 Å². The number of hydrogen-bond acceptors (Lipinski definition) is 2. The molecule has 1 nitrogen and oxygen atoms in total. The highest BCUT2D eigenvalue weighted by Crippen LogP contribution is 2.29. The van der Waals surface area contributed by atoms with E-state index in [0.29, 0.717) is 0 Å². The SMILES string of the molecule is CCCNC(CCCc1ccsc1)C1CCCC1. The van der Waals surface area contributed by atoms with E-state index in [1.165, 1.54) is 63.5 Å². The fourth-order valence-electron chi connectivity index (χ4n) is 3.15. The molecular formula is C16H27NS. The topological polar surface area (TPSA) is 12.0 Å². The molecular weight excluding hydrogens is 238 g/mol. The van der Waals surface area contributed by atoms with Gasteiger partial charge in [-0.25, -0.2) is 0 Å². The molecule has 0 aliphatic heterocycles. The van der Waals surface area contributed by atoms with E-state index in [1.54, 1.807) is 0 Å². The maximum Gasteiger partial charge on any atom is 0.00954 e. The Bertz CT molecular complexity index is 301. The van der Waals surface area contributed by atoms with Crippen LogP contribution in [-0.2, 0) is 6.42 Å². The van der Waals surface area contributed by atoms with Crippen molar-refractivity contribution in [2.45, 2.75) is 64.3 Å². The molecule has 1 fully saturated rings. The molecule has 1 aromatic heterocycles. The average molecular weight is 265 g/mol. The molecule has 2 heteroatoms. The van der Waals surface area contributed by atoms with Crippen LogP contribution < -0.4 is 5.32 Å². The van der Waals surface area contributed by atoms with E-state index in [0.717, 1.165) is 12.0 Å². The molecule has 0 saturated heterocycles. The number of thiophene rings is 1. The first-order valence-corrected chi connectivity index (χ1v) is 8.59. The molecule has 1 unspecified atom stereocenters. The Balaban J connectivity index is 1.73. The van der Waals surface area contributed by atoms with Crippen molar-refractivity contribution in [3.05, 3.63) is 22.4 Å². The largest absolute Gasteiger partial charge is 0.314 e. The first-order chi connectivity index (χ1) is 8.90. The molecule has 1 aliphatic carbocycles. The molecule has 1 aromatic rings. The van der Waals surface area contributed by atoms with Crippen LogP contribution in [-0.4, -0.2) is 12.6 Å². The highest BCUT2D eigenvalue weighted by molar-refractivity contribution is 7.07. The predicted molar refractivity (Wildman–Crippen MR) is 81.3 cm³/mol. The van der Waals surface area contributed by atoms with Gasteiger partial charge in [0, 0.05) is 6.04 Å². The lowest BCUT2D eigenvalue weighted by molar-refractivity contribution is 0.335. The molecule has 1 N–H and O–H groups in total. The molecule has 1 aliphatic rings. The van der Waals surface area contributed by atoms with Crippen LogP contribution in [0.25, 0.3) is 0 Å². The Hall–Kier alpha value is -0.340. The van der Waals surface area contributed by atoms with Gasteiger partial charge >= 0.3 is 0 Å². The van der Waals surface area contributed by atoms with Crippen molar-refractivity contribution in [3.63, 3.8) is 0 Å². The van der Waals surface area contributed by atoms with Crippen LogP contribution in [0.1, 0.15) is 57.4 Å². The Morgan fingerprint density at radius 1 is 1.39 bits per heavy atom. The van der Waals surface area contributed by atoms with Gasteiger partial charge in [-0.3, -0.25) is 0 Å². The van der Waals surface area contributed by atoms with Gasteiger partial charge in [0.1, 0.15) is 0 Å². The van der Waals surface area contributed by atoms with Gasteiger partial charge in [0.15, 0.2) is 0 Å². The molecule has 0 amide bonds. The van der Waals surface area contributed by atoms with Crippen LogP contribution in [0, 0.1) is 5.92 Å². The van der Waals surface area contributed by atoms with Crippen LogP contribution in [0.2, 0.25) is 0 Å². The summed E-state index contributed by atoms with van der Waals surface area (Å²) in [5.41, 5.74) is 1.53. The van der Waals surface area contributed by atoms with Crippen molar-refractivity contribution in [1.29, 1.82) is 0 Å². The first kappa shape index (κ1) is 14.1. The molecule has 1 saturated carbocycles. The van der Waals surface area contributed by atoms with Gasteiger partial charge in [0.2, 0.25) is 0 Å². The van der Waals surface area contributed by atoms with E-state index in [1.807, 2.05) is 11.3 Å². The molecule has 18 heavy (non-hydrogen) atoms. The van der Waals surface area contributed by atoms with Crippen LogP contribution in [0.3, 0.4) is 0 Å². The Morgan fingerprint density at radius 3 is 2.89 bits per heavy atom.